The summed E-state index contributed by atoms with van der Waals surface area (Å²) in [5.74, 6) is 0.299. The third kappa shape index (κ3) is 7.23. The van der Waals surface area contributed by atoms with Crippen LogP contribution < -0.4 is 10.2 Å². The molecule has 2 atom stereocenters. The number of hydrogen-bond acceptors (Lipinski definition) is 8. The van der Waals surface area contributed by atoms with Crippen LogP contribution in [-0.4, -0.2) is 88.6 Å². The molecule has 2 N–H and O–H groups in total. The van der Waals surface area contributed by atoms with Gasteiger partial charge in [-0.3, -0.25) is 19.7 Å². The fourth-order valence-corrected chi connectivity index (χ4v) is 9.49. The predicted octanol–water partition coefficient (Wildman–Crippen LogP) is 6.03. The minimum atomic E-state index is -0.587. The summed E-state index contributed by atoms with van der Waals surface area (Å²) < 4.78 is 0. The molecule has 1 aromatic heterocycles. The van der Waals surface area contributed by atoms with Crippen molar-refractivity contribution in [2.45, 2.75) is 69.1 Å². The number of nitrogens with zero attached hydrogens (tertiary/aromatic N) is 5. The van der Waals surface area contributed by atoms with Crippen LogP contribution in [0.25, 0.3) is 11.3 Å². The summed E-state index contributed by atoms with van der Waals surface area (Å²) in [5, 5.41) is 21.5. The Kier molecular flexibility index (Phi) is 9.96. The number of rotatable bonds is 8. The van der Waals surface area contributed by atoms with Crippen LogP contribution in [0.5, 0.6) is 5.75 Å². The number of benzene rings is 3. The smallest absolute Gasteiger partial charge is 0.234 e. The molecule has 0 saturated carbocycles. The highest BCUT2D eigenvalue weighted by molar-refractivity contribution is 6.00. The Morgan fingerprint density at radius 1 is 0.852 bits per heavy atom. The zero-order valence-electron chi connectivity index (χ0n) is 31.1. The maximum absolute atomic E-state index is 14.8. The molecule has 4 fully saturated rings. The maximum atomic E-state index is 14.8. The number of imide groups is 1. The summed E-state index contributed by atoms with van der Waals surface area (Å²) in [7, 11) is 0. The van der Waals surface area contributed by atoms with Gasteiger partial charge in [-0.25, -0.2) is 0 Å². The first-order valence-corrected chi connectivity index (χ1v) is 19.6. The lowest BCUT2D eigenvalue weighted by Gasteiger charge is -2.44. The SMILES string of the molecule is CC1(CN2CCC(c3ccc([C@@H]4CCC(=O)NC4=O)cc3)CC2)CCN(C(=O)C2(c3ccccc3)CCN(c3cnnc(-c4ccccc4O)c3)CC2)C1. The number of aromatic nitrogens is 2. The molecule has 3 aromatic carbocycles. The van der Waals surface area contributed by atoms with E-state index in [1.54, 1.807) is 18.3 Å². The minimum absolute atomic E-state index is 0.0345. The molecule has 4 aromatic rings. The molecule has 280 valence electrons. The summed E-state index contributed by atoms with van der Waals surface area (Å²) in [6.45, 7) is 8.38. The van der Waals surface area contributed by atoms with E-state index in [4.69, 9.17) is 0 Å². The fraction of sp³-hybridized carbons (Fsp3) is 0.432. The molecule has 1 unspecified atom stereocenters. The first-order chi connectivity index (χ1) is 26.2. The van der Waals surface area contributed by atoms with E-state index < -0.39 is 5.41 Å². The molecule has 3 amide bonds. The van der Waals surface area contributed by atoms with Crippen LogP contribution in [0.1, 0.15) is 80.4 Å². The van der Waals surface area contributed by atoms with Crippen molar-refractivity contribution >= 4 is 23.4 Å². The molecule has 4 aliphatic heterocycles. The Morgan fingerprint density at radius 3 is 2.28 bits per heavy atom. The molecule has 0 spiro atoms. The molecule has 0 aliphatic carbocycles. The summed E-state index contributed by atoms with van der Waals surface area (Å²) in [5.41, 5.74) is 5.07. The van der Waals surface area contributed by atoms with Crippen molar-refractivity contribution < 1.29 is 19.5 Å². The number of carbonyl (C=O) groups is 3. The average molecular weight is 727 g/mol. The highest BCUT2D eigenvalue weighted by Crippen LogP contribution is 2.42. The Balaban J connectivity index is 0.890. The lowest BCUT2D eigenvalue weighted by atomic mass is 9.71. The van der Waals surface area contributed by atoms with Crippen LogP contribution in [0, 0.1) is 5.41 Å². The Hall–Kier alpha value is -5.09. The van der Waals surface area contributed by atoms with Crippen molar-refractivity contribution in [1.29, 1.82) is 0 Å². The number of phenolic OH excluding ortho intramolecular Hbond substituents is 1. The van der Waals surface area contributed by atoms with E-state index in [0.717, 1.165) is 68.8 Å². The average Bonchev–Trinajstić information content (AvgIpc) is 3.59. The molecule has 5 heterocycles. The van der Waals surface area contributed by atoms with Gasteiger partial charge in [-0.05, 0) is 97.8 Å². The molecule has 10 nitrogen and oxygen atoms in total. The molecule has 8 rings (SSSR count). The van der Waals surface area contributed by atoms with Crippen molar-refractivity contribution in [3.8, 4) is 17.0 Å². The van der Waals surface area contributed by atoms with Crippen molar-refractivity contribution in [3.05, 3.63) is 108 Å². The second-order valence-corrected chi connectivity index (χ2v) is 16.3. The summed E-state index contributed by atoms with van der Waals surface area (Å²) >= 11 is 0. The van der Waals surface area contributed by atoms with Gasteiger partial charge in [-0.1, -0.05) is 73.7 Å². The van der Waals surface area contributed by atoms with Crippen LogP contribution >= 0.6 is 0 Å². The van der Waals surface area contributed by atoms with E-state index in [-0.39, 0.29) is 34.8 Å². The van der Waals surface area contributed by atoms with Gasteiger partial charge >= 0.3 is 0 Å². The van der Waals surface area contributed by atoms with Crippen molar-refractivity contribution in [3.63, 3.8) is 0 Å². The second-order valence-electron chi connectivity index (χ2n) is 16.3. The van der Waals surface area contributed by atoms with E-state index >= 15 is 0 Å². The van der Waals surface area contributed by atoms with Crippen molar-refractivity contribution in [2.24, 2.45) is 5.41 Å². The number of nitrogens with one attached hydrogen (secondary N) is 1. The van der Waals surface area contributed by atoms with Gasteiger partial charge in [-0.2, -0.15) is 10.2 Å². The van der Waals surface area contributed by atoms with Crippen molar-refractivity contribution in [2.75, 3.05) is 50.7 Å². The number of piperidine rings is 3. The molecule has 4 aliphatic rings. The highest BCUT2D eigenvalue weighted by Gasteiger charge is 2.48. The maximum Gasteiger partial charge on any atom is 0.234 e. The van der Waals surface area contributed by atoms with Gasteiger partial charge in [0.1, 0.15) is 5.75 Å². The van der Waals surface area contributed by atoms with Gasteiger partial charge in [0, 0.05) is 44.7 Å². The van der Waals surface area contributed by atoms with Crippen LogP contribution in [0.2, 0.25) is 0 Å². The largest absolute Gasteiger partial charge is 0.507 e. The predicted molar refractivity (Wildman–Crippen MR) is 208 cm³/mol. The van der Waals surface area contributed by atoms with E-state index in [2.05, 4.69) is 73.5 Å². The van der Waals surface area contributed by atoms with E-state index in [9.17, 15) is 19.5 Å². The zero-order chi connectivity index (χ0) is 37.3. The van der Waals surface area contributed by atoms with Gasteiger partial charge in [-0.15, -0.1) is 0 Å². The van der Waals surface area contributed by atoms with Gasteiger partial charge < -0.3 is 19.8 Å². The number of likely N-dealkylation sites (tertiary alicyclic amines) is 2. The normalized spacial score (nSPS) is 23.7. The molecule has 54 heavy (non-hydrogen) atoms. The number of amides is 3. The summed E-state index contributed by atoms with van der Waals surface area (Å²) in [6, 6.07) is 28.0. The zero-order valence-corrected chi connectivity index (χ0v) is 31.1. The first-order valence-electron chi connectivity index (χ1n) is 19.6. The molecular weight excluding hydrogens is 677 g/mol. The van der Waals surface area contributed by atoms with E-state index in [1.807, 2.05) is 36.4 Å². The van der Waals surface area contributed by atoms with Gasteiger partial charge in [0.15, 0.2) is 0 Å². The Bertz CT molecular complexity index is 1990. The number of aromatic hydroxyl groups is 1. The lowest BCUT2D eigenvalue weighted by Crippen LogP contribution is -2.53. The number of para-hydroxylation sites is 1. The third-order valence-electron chi connectivity index (χ3n) is 12.6. The summed E-state index contributed by atoms with van der Waals surface area (Å²) in [4.78, 5) is 45.8. The number of phenols is 1. The molecule has 10 heteroatoms. The van der Waals surface area contributed by atoms with E-state index in [1.165, 1.54) is 5.56 Å². The molecule has 0 bridgehead atoms. The second kappa shape index (κ2) is 15.0. The fourth-order valence-electron chi connectivity index (χ4n) is 9.49. The topological polar surface area (TPSA) is 119 Å². The number of hydrogen-bond donors (Lipinski definition) is 2. The quantitative estimate of drug-likeness (QED) is 0.212. The standard InChI is InChI=1S/C44H50N6O4/c1-43(29-48-22-17-32(18-23-48)31-11-13-33(14-12-31)36-15-16-40(52)46-41(36)53)19-24-50(30-43)42(54)44(34-7-3-2-4-8-34)20-25-49(26-21-44)35-27-38(47-45-28-35)37-9-5-6-10-39(37)51/h2-14,27-28,32,36,51H,15-26,29-30H2,1H3,(H,46,52,53)/t36-,43?/m0/s1. The van der Waals surface area contributed by atoms with Gasteiger partial charge in [0.25, 0.3) is 0 Å². The Labute approximate surface area is 317 Å². The summed E-state index contributed by atoms with van der Waals surface area (Å²) in [6.07, 6.45) is 7.33. The van der Waals surface area contributed by atoms with Crippen LogP contribution in [-0.2, 0) is 19.8 Å². The highest BCUT2D eigenvalue weighted by atomic mass is 16.3. The third-order valence-corrected chi connectivity index (χ3v) is 12.6. The molecule has 0 radical (unpaired) electrons. The number of carbonyl (C=O) groups excluding carboxylic acids is 3. The number of anilines is 1. The van der Waals surface area contributed by atoms with Gasteiger partial charge in [0.05, 0.1) is 28.9 Å². The van der Waals surface area contributed by atoms with Crippen LogP contribution in [0.4, 0.5) is 5.69 Å². The van der Waals surface area contributed by atoms with Gasteiger partial charge in [0.2, 0.25) is 17.7 Å². The molecule has 4 saturated heterocycles. The lowest BCUT2D eigenvalue weighted by molar-refractivity contribution is -0.138. The van der Waals surface area contributed by atoms with Crippen molar-refractivity contribution in [1.82, 2.24) is 25.3 Å². The minimum Gasteiger partial charge on any atom is -0.507 e. The Morgan fingerprint density at radius 2 is 1.56 bits per heavy atom. The van der Waals surface area contributed by atoms with E-state index in [0.29, 0.717) is 55.9 Å². The monoisotopic (exact) mass is 726 g/mol. The molecular formula is C44H50N6O4. The van der Waals surface area contributed by atoms with Crippen LogP contribution in [0.3, 0.4) is 0 Å². The first kappa shape index (κ1) is 35.9. The van der Waals surface area contributed by atoms with Crippen LogP contribution in [0.15, 0.2) is 91.1 Å².